The second-order valence-corrected chi connectivity index (χ2v) is 3.87. The second-order valence-electron chi connectivity index (χ2n) is 3.46. The van der Waals surface area contributed by atoms with Crippen molar-refractivity contribution in [1.82, 2.24) is 4.98 Å². The summed E-state index contributed by atoms with van der Waals surface area (Å²) in [7, 11) is 0. The number of nitrogens with zero attached hydrogens (tertiary/aromatic N) is 1. The SMILES string of the molecule is Fc1cc(F)c(Nc2nc(F)c(F)cc2F)c(Cl)c1. The molecule has 0 amide bonds. The van der Waals surface area contributed by atoms with Crippen molar-refractivity contribution in [3.8, 4) is 0 Å². The van der Waals surface area contributed by atoms with E-state index in [1.165, 1.54) is 0 Å². The van der Waals surface area contributed by atoms with Crippen LogP contribution in [0.2, 0.25) is 5.02 Å². The highest BCUT2D eigenvalue weighted by atomic mass is 35.5. The lowest BCUT2D eigenvalue weighted by molar-refractivity contribution is 0.467. The van der Waals surface area contributed by atoms with Crippen LogP contribution in [0.25, 0.3) is 0 Å². The topological polar surface area (TPSA) is 24.9 Å². The van der Waals surface area contributed by atoms with Crippen molar-refractivity contribution in [3.05, 3.63) is 52.4 Å². The molecular weight excluding hydrogens is 291 g/mol. The zero-order valence-corrected chi connectivity index (χ0v) is 9.70. The van der Waals surface area contributed by atoms with Crippen LogP contribution in [-0.4, -0.2) is 4.98 Å². The molecule has 0 unspecified atom stereocenters. The number of benzene rings is 1. The number of nitrogens with one attached hydrogen (secondary N) is 1. The van der Waals surface area contributed by atoms with E-state index in [1.54, 1.807) is 0 Å². The average Bonchev–Trinajstić information content (AvgIpc) is 2.29. The van der Waals surface area contributed by atoms with Gasteiger partial charge >= 0.3 is 0 Å². The molecule has 8 heteroatoms. The van der Waals surface area contributed by atoms with Crippen LogP contribution < -0.4 is 5.32 Å². The molecule has 0 spiro atoms. The fourth-order valence-electron chi connectivity index (χ4n) is 1.31. The van der Waals surface area contributed by atoms with Gasteiger partial charge in [-0.15, -0.1) is 0 Å². The molecule has 2 nitrogen and oxygen atoms in total. The Morgan fingerprint density at radius 3 is 2.21 bits per heavy atom. The van der Waals surface area contributed by atoms with Crippen molar-refractivity contribution < 1.29 is 22.0 Å². The Labute approximate surface area is 108 Å². The van der Waals surface area contributed by atoms with E-state index in [9.17, 15) is 22.0 Å². The lowest BCUT2D eigenvalue weighted by Gasteiger charge is -2.10. The molecule has 0 atom stereocenters. The van der Waals surface area contributed by atoms with Crippen LogP contribution in [0, 0.1) is 29.2 Å². The summed E-state index contributed by atoms with van der Waals surface area (Å²) in [5.74, 6) is -7.15. The molecule has 100 valence electrons. The minimum atomic E-state index is -1.57. The summed E-state index contributed by atoms with van der Waals surface area (Å²) in [6.07, 6.45) is 0. The summed E-state index contributed by atoms with van der Waals surface area (Å²) in [5.41, 5.74) is -0.500. The van der Waals surface area contributed by atoms with Crippen LogP contribution in [-0.2, 0) is 0 Å². The van der Waals surface area contributed by atoms with E-state index in [0.717, 1.165) is 6.07 Å². The van der Waals surface area contributed by atoms with Crippen LogP contribution in [0.15, 0.2) is 18.2 Å². The van der Waals surface area contributed by atoms with Crippen LogP contribution in [0.5, 0.6) is 0 Å². The van der Waals surface area contributed by atoms with Gasteiger partial charge in [-0.1, -0.05) is 11.6 Å². The number of halogens is 6. The third-order valence-electron chi connectivity index (χ3n) is 2.14. The van der Waals surface area contributed by atoms with Gasteiger partial charge in [0.1, 0.15) is 5.82 Å². The van der Waals surface area contributed by atoms with Crippen molar-refractivity contribution >= 4 is 23.1 Å². The highest BCUT2D eigenvalue weighted by Gasteiger charge is 2.16. The summed E-state index contributed by atoms with van der Waals surface area (Å²) in [6.45, 7) is 0. The minimum Gasteiger partial charge on any atom is -0.334 e. The third-order valence-corrected chi connectivity index (χ3v) is 2.44. The van der Waals surface area contributed by atoms with Gasteiger partial charge in [0.05, 0.1) is 10.7 Å². The number of anilines is 2. The minimum absolute atomic E-state index is 0.236. The first-order chi connectivity index (χ1) is 8.88. The van der Waals surface area contributed by atoms with Crippen molar-refractivity contribution in [1.29, 1.82) is 0 Å². The predicted molar refractivity (Wildman–Crippen MR) is 58.8 cm³/mol. The second kappa shape index (κ2) is 5.00. The Bertz CT molecular complexity index is 624. The van der Waals surface area contributed by atoms with E-state index in [4.69, 9.17) is 11.6 Å². The fraction of sp³-hybridized carbons (Fsp3) is 0. The Morgan fingerprint density at radius 1 is 0.895 bits per heavy atom. The molecule has 0 aliphatic heterocycles. The molecule has 19 heavy (non-hydrogen) atoms. The van der Waals surface area contributed by atoms with Crippen LogP contribution in [0.4, 0.5) is 33.5 Å². The molecule has 0 bridgehead atoms. The molecule has 1 heterocycles. The molecule has 1 aromatic carbocycles. The van der Waals surface area contributed by atoms with Gasteiger partial charge in [-0.3, -0.25) is 0 Å². The van der Waals surface area contributed by atoms with E-state index >= 15 is 0 Å². The molecular formula is C11H4ClF5N2. The molecule has 0 aliphatic carbocycles. The molecule has 0 saturated carbocycles. The normalized spacial score (nSPS) is 10.6. The Morgan fingerprint density at radius 2 is 1.58 bits per heavy atom. The first-order valence-corrected chi connectivity index (χ1v) is 5.19. The predicted octanol–water partition coefficient (Wildman–Crippen LogP) is 4.17. The summed E-state index contributed by atoms with van der Waals surface area (Å²) in [6, 6.07) is 1.50. The third kappa shape index (κ3) is 2.76. The monoisotopic (exact) mass is 294 g/mol. The number of rotatable bonds is 2. The van der Waals surface area contributed by atoms with E-state index < -0.39 is 45.7 Å². The largest absolute Gasteiger partial charge is 0.334 e. The molecule has 2 rings (SSSR count). The fourth-order valence-corrected chi connectivity index (χ4v) is 1.55. The summed E-state index contributed by atoms with van der Waals surface area (Å²) in [4.78, 5) is 2.93. The lowest BCUT2D eigenvalue weighted by Crippen LogP contribution is -2.03. The molecule has 1 N–H and O–H groups in total. The number of hydrogen-bond acceptors (Lipinski definition) is 2. The van der Waals surface area contributed by atoms with Gasteiger partial charge in [-0.05, 0) is 6.07 Å². The molecule has 0 fully saturated rings. The zero-order valence-electron chi connectivity index (χ0n) is 8.95. The maximum absolute atomic E-state index is 13.4. The number of hydrogen-bond donors (Lipinski definition) is 1. The number of pyridine rings is 1. The molecule has 1 aromatic heterocycles. The van der Waals surface area contributed by atoms with Crippen molar-refractivity contribution in [2.45, 2.75) is 0 Å². The van der Waals surface area contributed by atoms with Gasteiger partial charge in [0.15, 0.2) is 23.3 Å². The first kappa shape index (κ1) is 13.5. The Kier molecular flexibility index (Phi) is 3.57. The molecule has 0 saturated heterocycles. The molecule has 0 aliphatic rings. The van der Waals surface area contributed by atoms with E-state index in [1.807, 2.05) is 5.32 Å². The summed E-state index contributed by atoms with van der Waals surface area (Å²) < 4.78 is 65.0. The van der Waals surface area contributed by atoms with Gasteiger partial charge in [0.2, 0.25) is 0 Å². The smallest absolute Gasteiger partial charge is 0.251 e. The van der Waals surface area contributed by atoms with Gasteiger partial charge in [-0.25, -0.2) is 17.6 Å². The quantitative estimate of drug-likeness (QED) is 0.664. The van der Waals surface area contributed by atoms with Crippen LogP contribution in [0.3, 0.4) is 0 Å². The summed E-state index contributed by atoms with van der Waals surface area (Å²) in [5, 5.41) is 1.64. The van der Waals surface area contributed by atoms with Crippen molar-refractivity contribution in [3.63, 3.8) is 0 Å². The molecule has 2 aromatic rings. The van der Waals surface area contributed by atoms with Crippen LogP contribution in [0.1, 0.15) is 0 Å². The van der Waals surface area contributed by atoms with Crippen molar-refractivity contribution in [2.75, 3.05) is 5.32 Å². The lowest BCUT2D eigenvalue weighted by atomic mass is 10.3. The first-order valence-electron chi connectivity index (χ1n) is 4.81. The van der Waals surface area contributed by atoms with E-state index in [-0.39, 0.29) is 6.07 Å². The van der Waals surface area contributed by atoms with Crippen LogP contribution >= 0.6 is 11.6 Å². The van der Waals surface area contributed by atoms with Gasteiger partial charge in [0.25, 0.3) is 5.95 Å². The zero-order chi connectivity index (χ0) is 14.2. The van der Waals surface area contributed by atoms with E-state index in [0.29, 0.717) is 6.07 Å². The van der Waals surface area contributed by atoms with Gasteiger partial charge < -0.3 is 5.32 Å². The maximum Gasteiger partial charge on any atom is 0.251 e. The highest BCUT2D eigenvalue weighted by Crippen LogP contribution is 2.29. The summed E-state index contributed by atoms with van der Waals surface area (Å²) >= 11 is 5.55. The molecule has 0 radical (unpaired) electrons. The Hall–Kier alpha value is -1.89. The van der Waals surface area contributed by atoms with Gasteiger partial charge in [0, 0.05) is 12.1 Å². The van der Waals surface area contributed by atoms with Crippen molar-refractivity contribution in [2.24, 2.45) is 0 Å². The highest BCUT2D eigenvalue weighted by molar-refractivity contribution is 6.33. The van der Waals surface area contributed by atoms with E-state index in [2.05, 4.69) is 4.98 Å². The number of aromatic nitrogens is 1. The maximum atomic E-state index is 13.4. The Balaban J connectivity index is 2.45. The average molecular weight is 295 g/mol. The standard InChI is InChI=1S/C11H4ClF5N2/c12-5-1-4(13)2-6(14)9(5)18-11-8(16)3-7(15)10(17)19-11/h1-3H,(H,18,19). The van der Waals surface area contributed by atoms with Gasteiger partial charge in [-0.2, -0.15) is 9.37 Å².